The SMILES string of the molecule is CCC(C)CC(Br)Cc1ccc(C)cc1. The molecule has 1 heteroatoms. The molecule has 0 bridgehead atoms. The molecule has 1 aromatic rings. The highest BCUT2D eigenvalue weighted by molar-refractivity contribution is 9.09. The van der Waals surface area contributed by atoms with Gasteiger partial charge >= 0.3 is 0 Å². The minimum Gasteiger partial charge on any atom is -0.0887 e. The zero-order valence-electron chi connectivity index (χ0n) is 9.96. The van der Waals surface area contributed by atoms with Gasteiger partial charge in [-0.2, -0.15) is 0 Å². The van der Waals surface area contributed by atoms with Crippen LogP contribution >= 0.6 is 15.9 Å². The van der Waals surface area contributed by atoms with Crippen molar-refractivity contribution in [1.82, 2.24) is 0 Å². The molecule has 0 aromatic heterocycles. The van der Waals surface area contributed by atoms with Crippen molar-refractivity contribution in [1.29, 1.82) is 0 Å². The van der Waals surface area contributed by atoms with E-state index >= 15 is 0 Å². The van der Waals surface area contributed by atoms with E-state index in [-0.39, 0.29) is 0 Å². The largest absolute Gasteiger partial charge is 0.0887 e. The molecule has 0 aliphatic heterocycles. The van der Waals surface area contributed by atoms with Crippen molar-refractivity contribution in [2.75, 3.05) is 0 Å². The molecule has 15 heavy (non-hydrogen) atoms. The van der Waals surface area contributed by atoms with E-state index in [9.17, 15) is 0 Å². The summed E-state index contributed by atoms with van der Waals surface area (Å²) in [4.78, 5) is 0.621. The molecule has 0 spiro atoms. The molecule has 0 saturated carbocycles. The maximum Gasteiger partial charge on any atom is 0.0188 e. The number of hydrogen-bond donors (Lipinski definition) is 0. The van der Waals surface area contributed by atoms with Gasteiger partial charge in [0.15, 0.2) is 0 Å². The van der Waals surface area contributed by atoms with Crippen LogP contribution in [0.25, 0.3) is 0 Å². The van der Waals surface area contributed by atoms with Gasteiger partial charge in [0, 0.05) is 4.83 Å². The minimum absolute atomic E-state index is 0.621. The molecule has 0 fully saturated rings. The third-order valence-electron chi connectivity index (χ3n) is 2.93. The summed E-state index contributed by atoms with van der Waals surface area (Å²) in [6, 6.07) is 8.86. The van der Waals surface area contributed by atoms with Gasteiger partial charge in [-0.05, 0) is 31.2 Å². The van der Waals surface area contributed by atoms with Gasteiger partial charge in [-0.3, -0.25) is 0 Å². The number of benzene rings is 1. The number of hydrogen-bond acceptors (Lipinski definition) is 0. The summed E-state index contributed by atoms with van der Waals surface area (Å²) in [6.07, 6.45) is 3.69. The summed E-state index contributed by atoms with van der Waals surface area (Å²) < 4.78 is 0. The number of rotatable bonds is 5. The van der Waals surface area contributed by atoms with Gasteiger partial charge in [0.2, 0.25) is 0 Å². The fourth-order valence-electron chi connectivity index (χ4n) is 1.67. The van der Waals surface area contributed by atoms with Crippen LogP contribution in [0.3, 0.4) is 0 Å². The summed E-state index contributed by atoms with van der Waals surface area (Å²) in [5.41, 5.74) is 2.78. The Labute approximate surface area is 102 Å². The van der Waals surface area contributed by atoms with Crippen LogP contribution in [0.4, 0.5) is 0 Å². The highest BCUT2D eigenvalue weighted by Gasteiger charge is 2.09. The molecule has 2 atom stereocenters. The second-order valence-corrected chi connectivity index (χ2v) is 5.83. The molecule has 0 nitrogen and oxygen atoms in total. The summed E-state index contributed by atoms with van der Waals surface area (Å²) >= 11 is 3.77. The highest BCUT2D eigenvalue weighted by atomic mass is 79.9. The first-order valence-electron chi connectivity index (χ1n) is 5.81. The van der Waals surface area contributed by atoms with E-state index in [4.69, 9.17) is 0 Å². The molecule has 0 aliphatic carbocycles. The lowest BCUT2D eigenvalue weighted by molar-refractivity contribution is 0.507. The topological polar surface area (TPSA) is 0 Å². The average Bonchev–Trinajstić information content (AvgIpc) is 2.21. The van der Waals surface area contributed by atoms with Gasteiger partial charge in [0.25, 0.3) is 0 Å². The fourth-order valence-corrected chi connectivity index (χ4v) is 2.68. The van der Waals surface area contributed by atoms with Crippen LogP contribution < -0.4 is 0 Å². The quantitative estimate of drug-likeness (QED) is 0.677. The van der Waals surface area contributed by atoms with E-state index < -0.39 is 0 Å². The van der Waals surface area contributed by atoms with Crippen LogP contribution in [-0.4, -0.2) is 4.83 Å². The molecule has 2 unspecified atom stereocenters. The van der Waals surface area contributed by atoms with Gasteiger partial charge < -0.3 is 0 Å². The first-order valence-corrected chi connectivity index (χ1v) is 6.73. The first kappa shape index (κ1) is 12.8. The summed E-state index contributed by atoms with van der Waals surface area (Å²) in [5, 5.41) is 0. The van der Waals surface area contributed by atoms with Crippen molar-refractivity contribution >= 4 is 15.9 Å². The number of halogens is 1. The van der Waals surface area contributed by atoms with Crippen molar-refractivity contribution in [3.05, 3.63) is 35.4 Å². The van der Waals surface area contributed by atoms with Crippen LogP contribution in [0, 0.1) is 12.8 Å². The van der Waals surface area contributed by atoms with Crippen LogP contribution in [0.5, 0.6) is 0 Å². The second-order valence-electron chi connectivity index (χ2n) is 4.54. The maximum atomic E-state index is 3.77. The van der Waals surface area contributed by atoms with Crippen LogP contribution in [0.1, 0.15) is 37.8 Å². The number of aryl methyl sites for hydroxylation is 1. The van der Waals surface area contributed by atoms with Gasteiger partial charge in [-0.15, -0.1) is 0 Å². The van der Waals surface area contributed by atoms with E-state index in [2.05, 4.69) is 61.0 Å². The highest BCUT2D eigenvalue weighted by Crippen LogP contribution is 2.20. The van der Waals surface area contributed by atoms with Crippen LogP contribution in [-0.2, 0) is 6.42 Å². The van der Waals surface area contributed by atoms with E-state index in [1.807, 2.05) is 0 Å². The molecule has 1 aromatic carbocycles. The zero-order valence-corrected chi connectivity index (χ0v) is 11.5. The third kappa shape index (κ3) is 4.83. The summed E-state index contributed by atoms with van der Waals surface area (Å²) in [7, 11) is 0. The molecule has 0 heterocycles. The van der Waals surface area contributed by atoms with Gasteiger partial charge in [-0.1, -0.05) is 66.0 Å². The van der Waals surface area contributed by atoms with E-state index in [0.29, 0.717) is 4.83 Å². The second kappa shape index (κ2) is 6.32. The van der Waals surface area contributed by atoms with Crippen LogP contribution in [0.2, 0.25) is 0 Å². The van der Waals surface area contributed by atoms with Crippen molar-refractivity contribution in [2.45, 2.75) is 44.9 Å². The summed E-state index contributed by atoms with van der Waals surface area (Å²) in [6.45, 7) is 6.72. The lowest BCUT2D eigenvalue weighted by atomic mass is 9.99. The van der Waals surface area contributed by atoms with Gasteiger partial charge in [0.05, 0.1) is 0 Å². The van der Waals surface area contributed by atoms with E-state index in [0.717, 1.165) is 12.3 Å². The molecule has 0 saturated heterocycles. The van der Waals surface area contributed by atoms with Crippen molar-refractivity contribution in [3.8, 4) is 0 Å². The Bertz CT molecular complexity index is 276. The lowest BCUT2D eigenvalue weighted by Crippen LogP contribution is -2.07. The molecule has 1 rings (SSSR count). The van der Waals surface area contributed by atoms with E-state index in [1.54, 1.807) is 0 Å². The predicted octanol–water partition coefficient (Wildman–Crippen LogP) is 4.74. The Morgan fingerprint density at radius 2 is 1.80 bits per heavy atom. The molecular formula is C14H21Br. The minimum atomic E-state index is 0.621. The maximum absolute atomic E-state index is 3.77. The monoisotopic (exact) mass is 268 g/mol. The Hall–Kier alpha value is -0.300. The average molecular weight is 269 g/mol. The predicted molar refractivity (Wildman–Crippen MR) is 71.7 cm³/mol. The zero-order chi connectivity index (χ0) is 11.3. The van der Waals surface area contributed by atoms with Gasteiger partial charge in [0.1, 0.15) is 0 Å². The standard InChI is InChI=1S/C14H21Br/c1-4-11(2)9-14(15)10-13-7-5-12(3)6-8-13/h5-8,11,14H,4,9-10H2,1-3H3. The normalized spacial score (nSPS) is 14.9. The first-order chi connectivity index (χ1) is 7.11. The van der Waals surface area contributed by atoms with Crippen molar-refractivity contribution in [2.24, 2.45) is 5.92 Å². The molecule has 0 N–H and O–H groups in total. The number of alkyl halides is 1. The molecule has 0 amide bonds. The molecular weight excluding hydrogens is 248 g/mol. The molecule has 84 valence electrons. The fraction of sp³-hybridized carbons (Fsp3) is 0.571. The summed E-state index contributed by atoms with van der Waals surface area (Å²) in [5.74, 6) is 0.819. The Kier molecular flexibility index (Phi) is 5.38. The van der Waals surface area contributed by atoms with Crippen molar-refractivity contribution < 1.29 is 0 Å². The van der Waals surface area contributed by atoms with E-state index in [1.165, 1.54) is 24.0 Å². The van der Waals surface area contributed by atoms with Crippen LogP contribution in [0.15, 0.2) is 24.3 Å². The Morgan fingerprint density at radius 3 is 2.33 bits per heavy atom. The lowest BCUT2D eigenvalue weighted by Gasteiger charge is -2.14. The molecule has 0 radical (unpaired) electrons. The van der Waals surface area contributed by atoms with Crippen molar-refractivity contribution in [3.63, 3.8) is 0 Å². The smallest absolute Gasteiger partial charge is 0.0188 e. The Balaban J connectivity index is 2.44. The third-order valence-corrected chi connectivity index (χ3v) is 3.63. The molecule has 0 aliphatic rings. The van der Waals surface area contributed by atoms with Gasteiger partial charge in [-0.25, -0.2) is 0 Å². The Morgan fingerprint density at radius 1 is 1.20 bits per heavy atom.